The predicted octanol–water partition coefficient (Wildman–Crippen LogP) is 0.941. The molecule has 0 bridgehead atoms. The highest BCUT2D eigenvalue weighted by Gasteiger charge is 2.26. The molecule has 0 radical (unpaired) electrons. The fraction of sp³-hybridized carbons (Fsp3) is 0.467. The fourth-order valence-corrected chi connectivity index (χ4v) is 2.40. The number of hydrogen-bond acceptors (Lipinski definition) is 3. The van der Waals surface area contributed by atoms with Crippen LogP contribution in [0.1, 0.15) is 24.8 Å². The summed E-state index contributed by atoms with van der Waals surface area (Å²) in [5, 5.41) is 15.0. The van der Waals surface area contributed by atoms with Crippen LogP contribution in [0.5, 0.6) is 0 Å². The maximum Gasteiger partial charge on any atom is 0.326 e. The van der Waals surface area contributed by atoms with Crippen molar-refractivity contribution in [3.63, 3.8) is 0 Å². The van der Waals surface area contributed by atoms with Gasteiger partial charge in [0.25, 0.3) is 0 Å². The highest BCUT2D eigenvalue weighted by Crippen LogP contribution is 2.08. The van der Waals surface area contributed by atoms with Crippen molar-refractivity contribution in [3.8, 4) is 0 Å². The van der Waals surface area contributed by atoms with Crippen LogP contribution in [0.15, 0.2) is 30.3 Å². The average molecular weight is 276 g/mol. The zero-order valence-electron chi connectivity index (χ0n) is 11.3. The van der Waals surface area contributed by atoms with E-state index in [-0.39, 0.29) is 11.9 Å². The minimum Gasteiger partial charge on any atom is -0.480 e. The predicted molar refractivity (Wildman–Crippen MR) is 75.4 cm³/mol. The lowest BCUT2D eigenvalue weighted by Crippen LogP contribution is -2.52. The molecule has 1 heterocycles. The molecular formula is C15H20N2O3. The molecule has 1 aromatic rings. The first-order valence-corrected chi connectivity index (χ1v) is 6.97. The molecule has 0 spiro atoms. The van der Waals surface area contributed by atoms with Crippen LogP contribution in [0.25, 0.3) is 0 Å². The number of hydrogen-bond donors (Lipinski definition) is 3. The highest BCUT2D eigenvalue weighted by molar-refractivity contribution is 5.87. The summed E-state index contributed by atoms with van der Waals surface area (Å²) in [5.74, 6) is -1.22. The van der Waals surface area contributed by atoms with Gasteiger partial charge in [0.1, 0.15) is 6.04 Å². The number of amides is 1. The van der Waals surface area contributed by atoms with Gasteiger partial charge in [-0.25, -0.2) is 4.79 Å². The van der Waals surface area contributed by atoms with Crippen LogP contribution in [0, 0.1) is 0 Å². The van der Waals surface area contributed by atoms with Gasteiger partial charge in [-0.2, -0.15) is 0 Å². The second-order valence-electron chi connectivity index (χ2n) is 5.09. The summed E-state index contributed by atoms with van der Waals surface area (Å²) in [6, 6.07) is 8.18. The second-order valence-corrected chi connectivity index (χ2v) is 5.09. The van der Waals surface area contributed by atoms with Gasteiger partial charge in [0.15, 0.2) is 0 Å². The monoisotopic (exact) mass is 276 g/mol. The molecule has 1 aliphatic rings. The molecule has 20 heavy (non-hydrogen) atoms. The van der Waals surface area contributed by atoms with Crippen LogP contribution in [0.3, 0.4) is 0 Å². The number of carbonyl (C=O) groups is 2. The molecule has 1 aromatic carbocycles. The first kappa shape index (κ1) is 14.5. The molecule has 5 heteroatoms. The third-order valence-corrected chi connectivity index (χ3v) is 3.52. The summed E-state index contributed by atoms with van der Waals surface area (Å²) in [7, 11) is 0. The summed E-state index contributed by atoms with van der Waals surface area (Å²) in [6.07, 6.45) is 3.13. The maximum atomic E-state index is 12.1. The molecular weight excluding hydrogens is 256 g/mol. The summed E-state index contributed by atoms with van der Waals surface area (Å²) >= 11 is 0. The molecule has 2 rings (SSSR count). The lowest BCUT2D eigenvalue weighted by molar-refractivity contribution is -0.142. The third-order valence-electron chi connectivity index (χ3n) is 3.52. The molecule has 1 fully saturated rings. The van der Waals surface area contributed by atoms with Crippen LogP contribution in [0.4, 0.5) is 0 Å². The Morgan fingerprint density at radius 1 is 1.30 bits per heavy atom. The summed E-state index contributed by atoms with van der Waals surface area (Å²) in [6.45, 7) is 0.814. The highest BCUT2D eigenvalue weighted by atomic mass is 16.4. The molecule has 5 nitrogen and oxygen atoms in total. The summed E-state index contributed by atoms with van der Waals surface area (Å²) in [4.78, 5) is 23.4. The van der Waals surface area contributed by atoms with Crippen molar-refractivity contribution in [1.29, 1.82) is 0 Å². The first-order chi connectivity index (χ1) is 9.66. The van der Waals surface area contributed by atoms with Gasteiger partial charge >= 0.3 is 5.97 Å². The number of rotatable bonds is 5. The van der Waals surface area contributed by atoms with E-state index in [9.17, 15) is 14.7 Å². The minimum absolute atomic E-state index is 0.215. The lowest BCUT2D eigenvalue weighted by Gasteiger charge is -2.24. The molecule has 3 N–H and O–H groups in total. The quantitative estimate of drug-likeness (QED) is 0.748. The van der Waals surface area contributed by atoms with Crippen LogP contribution in [-0.4, -0.2) is 35.6 Å². The van der Waals surface area contributed by atoms with Crippen LogP contribution < -0.4 is 10.6 Å². The van der Waals surface area contributed by atoms with Gasteiger partial charge in [0.2, 0.25) is 5.91 Å². The van der Waals surface area contributed by atoms with Crippen LogP contribution in [-0.2, 0) is 16.0 Å². The number of nitrogens with one attached hydrogen (secondary N) is 2. The van der Waals surface area contributed by atoms with Crippen molar-refractivity contribution in [2.45, 2.75) is 37.8 Å². The summed E-state index contributed by atoms with van der Waals surface area (Å²) in [5.41, 5.74) is 0.900. The van der Waals surface area contributed by atoms with E-state index in [1.807, 2.05) is 30.3 Å². The Labute approximate surface area is 118 Å². The van der Waals surface area contributed by atoms with Gasteiger partial charge in [-0.15, -0.1) is 0 Å². The fourth-order valence-electron chi connectivity index (χ4n) is 2.40. The summed E-state index contributed by atoms with van der Waals surface area (Å²) < 4.78 is 0. The Bertz CT molecular complexity index is 455. The zero-order chi connectivity index (χ0) is 14.4. The third kappa shape index (κ3) is 4.06. The molecule has 0 aromatic heterocycles. The van der Waals surface area contributed by atoms with Crippen molar-refractivity contribution in [1.82, 2.24) is 10.6 Å². The minimum atomic E-state index is -1.00. The van der Waals surface area contributed by atoms with Crippen molar-refractivity contribution in [2.75, 3.05) is 6.54 Å². The molecule has 2 atom stereocenters. The van der Waals surface area contributed by atoms with Gasteiger partial charge in [0, 0.05) is 6.42 Å². The Balaban J connectivity index is 1.95. The number of aliphatic carboxylic acids is 1. The zero-order valence-corrected chi connectivity index (χ0v) is 11.3. The standard InChI is InChI=1S/C15H20N2O3/c18-14(12-8-4-5-9-16-12)17-13(15(19)20)10-11-6-2-1-3-7-11/h1-3,6-7,12-13,16H,4-5,8-10H2,(H,17,18)(H,19,20). The molecule has 1 saturated heterocycles. The van der Waals surface area contributed by atoms with E-state index >= 15 is 0 Å². The van der Waals surface area contributed by atoms with Gasteiger partial charge in [0.05, 0.1) is 6.04 Å². The van der Waals surface area contributed by atoms with Crippen LogP contribution in [0.2, 0.25) is 0 Å². The molecule has 108 valence electrons. The number of carbonyl (C=O) groups excluding carboxylic acids is 1. The number of piperidine rings is 1. The smallest absolute Gasteiger partial charge is 0.326 e. The largest absolute Gasteiger partial charge is 0.480 e. The van der Waals surface area contributed by atoms with Crippen molar-refractivity contribution in [2.24, 2.45) is 0 Å². The Morgan fingerprint density at radius 2 is 2.05 bits per heavy atom. The van der Waals surface area contributed by atoms with Gasteiger partial charge in [-0.3, -0.25) is 4.79 Å². The molecule has 1 amide bonds. The number of carboxylic acids is 1. The van der Waals surface area contributed by atoms with Gasteiger partial charge in [-0.05, 0) is 24.9 Å². The first-order valence-electron chi connectivity index (χ1n) is 6.97. The van der Waals surface area contributed by atoms with E-state index in [0.717, 1.165) is 31.4 Å². The Kier molecular flexibility index (Phi) is 5.12. The van der Waals surface area contributed by atoms with E-state index in [1.54, 1.807) is 0 Å². The molecule has 0 saturated carbocycles. The molecule has 0 aliphatic carbocycles. The average Bonchev–Trinajstić information content (AvgIpc) is 2.48. The van der Waals surface area contributed by atoms with E-state index in [2.05, 4.69) is 10.6 Å². The van der Waals surface area contributed by atoms with E-state index in [0.29, 0.717) is 6.42 Å². The molecule has 2 unspecified atom stereocenters. The number of carboxylic acid groups (broad SMARTS) is 1. The number of benzene rings is 1. The Morgan fingerprint density at radius 3 is 2.65 bits per heavy atom. The SMILES string of the molecule is O=C(O)C(Cc1ccccc1)NC(=O)C1CCCCN1. The van der Waals surface area contributed by atoms with Crippen molar-refractivity contribution < 1.29 is 14.7 Å². The van der Waals surface area contributed by atoms with Crippen molar-refractivity contribution >= 4 is 11.9 Å². The molecule has 1 aliphatic heterocycles. The van der Waals surface area contributed by atoms with Crippen molar-refractivity contribution in [3.05, 3.63) is 35.9 Å². The van der Waals surface area contributed by atoms with E-state index in [1.165, 1.54) is 0 Å². The normalized spacial score (nSPS) is 20.1. The van der Waals surface area contributed by atoms with Gasteiger partial charge in [-0.1, -0.05) is 36.8 Å². The maximum absolute atomic E-state index is 12.1. The van der Waals surface area contributed by atoms with E-state index in [4.69, 9.17) is 0 Å². The van der Waals surface area contributed by atoms with Gasteiger partial charge < -0.3 is 15.7 Å². The second kappa shape index (κ2) is 7.05. The van der Waals surface area contributed by atoms with E-state index < -0.39 is 12.0 Å². The lowest BCUT2D eigenvalue weighted by atomic mass is 10.0. The topological polar surface area (TPSA) is 78.4 Å². The van der Waals surface area contributed by atoms with Crippen LogP contribution >= 0.6 is 0 Å². The Hall–Kier alpha value is -1.88.